The molecule has 3 aromatic carbocycles. The molecule has 3 aliphatic carbocycles. The number of carbonyl (C=O) groups excluding carboxylic acids is 3. The van der Waals surface area contributed by atoms with Crippen molar-refractivity contribution in [3.63, 3.8) is 0 Å². The molecule has 5 nitrogen and oxygen atoms in total. The van der Waals surface area contributed by atoms with Crippen molar-refractivity contribution >= 4 is 23.4 Å². The van der Waals surface area contributed by atoms with Crippen LogP contribution in [0.3, 0.4) is 0 Å². The third-order valence-corrected chi connectivity index (χ3v) is 8.21. The van der Waals surface area contributed by atoms with Gasteiger partial charge in [-0.1, -0.05) is 80.4 Å². The Kier molecular flexibility index (Phi) is 5.51. The monoisotopic (exact) mass is 478 g/mol. The van der Waals surface area contributed by atoms with E-state index in [2.05, 4.69) is 36.5 Å². The molecule has 5 heteroatoms. The highest BCUT2D eigenvalue weighted by Crippen LogP contribution is 2.61. The quantitative estimate of drug-likeness (QED) is 0.484. The predicted octanol–water partition coefficient (Wildman–Crippen LogP) is 5.38. The molecule has 1 heterocycles. The van der Waals surface area contributed by atoms with Crippen molar-refractivity contribution in [1.82, 2.24) is 4.90 Å². The molecule has 182 valence electrons. The third-order valence-electron chi connectivity index (χ3n) is 8.21. The van der Waals surface area contributed by atoms with Crippen LogP contribution >= 0.6 is 0 Å². The molecule has 7 rings (SSSR count). The van der Waals surface area contributed by atoms with E-state index < -0.39 is 17.9 Å². The number of likely N-dealkylation sites (tertiary alicyclic amines) is 1. The molecule has 1 N–H and O–H groups in total. The number of imide groups is 1. The van der Waals surface area contributed by atoms with Gasteiger partial charge in [0.25, 0.3) is 0 Å². The zero-order valence-corrected chi connectivity index (χ0v) is 20.6. The fourth-order valence-electron chi connectivity index (χ4n) is 6.73. The number of hydrogen-bond donors (Lipinski definition) is 1. The smallest absolute Gasteiger partial charge is 0.247 e. The Bertz CT molecular complexity index is 1260. The van der Waals surface area contributed by atoms with Crippen LogP contribution in [0, 0.1) is 18.8 Å². The second-order valence-electron chi connectivity index (χ2n) is 10.3. The first-order chi connectivity index (χ1) is 17.5. The van der Waals surface area contributed by atoms with E-state index in [0.717, 1.165) is 40.7 Å². The highest BCUT2D eigenvalue weighted by molar-refractivity contribution is 6.11. The van der Waals surface area contributed by atoms with Crippen LogP contribution in [0.2, 0.25) is 0 Å². The molecular weight excluding hydrogens is 448 g/mol. The number of benzene rings is 3. The van der Waals surface area contributed by atoms with Gasteiger partial charge in [-0.2, -0.15) is 0 Å². The molecule has 2 bridgehead atoms. The molecule has 1 fully saturated rings. The zero-order valence-electron chi connectivity index (χ0n) is 20.6. The van der Waals surface area contributed by atoms with E-state index in [1.807, 2.05) is 55.5 Å². The Labute approximate surface area is 211 Å². The largest absolute Gasteiger partial charge is 0.324 e. The van der Waals surface area contributed by atoms with Crippen LogP contribution in [0.15, 0.2) is 72.8 Å². The molecule has 3 aromatic rings. The van der Waals surface area contributed by atoms with Crippen LogP contribution in [0.25, 0.3) is 0 Å². The predicted molar refractivity (Wildman–Crippen MR) is 139 cm³/mol. The minimum Gasteiger partial charge on any atom is -0.324 e. The van der Waals surface area contributed by atoms with Crippen LogP contribution in [-0.2, 0) is 14.4 Å². The van der Waals surface area contributed by atoms with Crippen molar-refractivity contribution in [1.29, 1.82) is 0 Å². The summed E-state index contributed by atoms with van der Waals surface area (Å²) in [6.45, 7) is 4.02. The molecule has 0 saturated carbocycles. The van der Waals surface area contributed by atoms with Crippen LogP contribution < -0.4 is 5.32 Å². The molecule has 36 heavy (non-hydrogen) atoms. The number of aryl methyl sites for hydroxylation is 1. The summed E-state index contributed by atoms with van der Waals surface area (Å²) < 4.78 is 0. The summed E-state index contributed by atoms with van der Waals surface area (Å²) in [5, 5.41) is 2.98. The van der Waals surface area contributed by atoms with E-state index in [1.54, 1.807) is 0 Å². The summed E-state index contributed by atoms with van der Waals surface area (Å²) in [6, 6.07) is 23.2. The fourth-order valence-corrected chi connectivity index (χ4v) is 6.73. The zero-order chi connectivity index (χ0) is 25.0. The maximum atomic E-state index is 14.1. The van der Waals surface area contributed by atoms with Gasteiger partial charge in [-0.3, -0.25) is 19.3 Å². The summed E-state index contributed by atoms with van der Waals surface area (Å²) in [5.41, 5.74) is 6.27. The molecule has 1 saturated heterocycles. The maximum Gasteiger partial charge on any atom is 0.247 e. The van der Waals surface area contributed by atoms with Crippen molar-refractivity contribution in [2.45, 2.75) is 51.0 Å². The van der Waals surface area contributed by atoms with Gasteiger partial charge in [0.2, 0.25) is 17.7 Å². The molecular formula is C31H30N2O3. The van der Waals surface area contributed by atoms with Crippen molar-refractivity contribution in [2.75, 3.05) is 5.32 Å². The highest BCUT2D eigenvalue weighted by atomic mass is 16.2. The van der Waals surface area contributed by atoms with Crippen LogP contribution in [0.1, 0.15) is 65.8 Å². The van der Waals surface area contributed by atoms with Gasteiger partial charge in [-0.15, -0.1) is 0 Å². The lowest BCUT2D eigenvalue weighted by molar-refractivity contribution is -0.147. The molecule has 3 atom stereocenters. The highest BCUT2D eigenvalue weighted by Gasteiger charge is 2.62. The van der Waals surface area contributed by atoms with Gasteiger partial charge in [0.15, 0.2) is 0 Å². The molecule has 0 unspecified atom stereocenters. The lowest BCUT2D eigenvalue weighted by Gasteiger charge is -2.45. The molecule has 0 spiro atoms. The van der Waals surface area contributed by atoms with E-state index in [4.69, 9.17) is 0 Å². The standard InChI is InChI=1S/C31H30N2O3/c1-3-4-16-24(29(34)32-19-11-9-10-18(2)17-19)33-30(35)27-25-20-12-5-6-13-21(20)26(28(27)31(33)36)23-15-8-7-14-22(23)25/h5-15,17,24-28H,3-4,16H2,1-2H3,(H,32,34)/t24-,25?,26?,27+,28+/m1/s1. The number of rotatable bonds is 6. The number of amides is 3. The van der Waals surface area contributed by atoms with Gasteiger partial charge in [0, 0.05) is 17.5 Å². The van der Waals surface area contributed by atoms with Crippen molar-refractivity contribution in [3.05, 3.63) is 101 Å². The molecule has 0 radical (unpaired) electrons. The van der Waals surface area contributed by atoms with Gasteiger partial charge in [0.1, 0.15) is 6.04 Å². The molecule has 4 aliphatic rings. The number of nitrogens with one attached hydrogen (secondary N) is 1. The minimum absolute atomic E-state index is 0.166. The number of unbranched alkanes of at least 4 members (excludes halogenated alkanes) is 1. The van der Waals surface area contributed by atoms with Gasteiger partial charge < -0.3 is 5.32 Å². The summed E-state index contributed by atoms with van der Waals surface area (Å²) in [7, 11) is 0. The van der Waals surface area contributed by atoms with Gasteiger partial charge >= 0.3 is 0 Å². The number of hydrogen-bond acceptors (Lipinski definition) is 3. The first-order valence-corrected chi connectivity index (χ1v) is 12.9. The molecule has 1 aliphatic heterocycles. The van der Waals surface area contributed by atoms with Gasteiger partial charge in [-0.05, 0) is 53.3 Å². The molecule has 0 aromatic heterocycles. The van der Waals surface area contributed by atoms with Crippen LogP contribution in [0.5, 0.6) is 0 Å². The van der Waals surface area contributed by atoms with E-state index in [9.17, 15) is 14.4 Å². The van der Waals surface area contributed by atoms with Crippen LogP contribution in [0.4, 0.5) is 5.69 Å². The second-order valence-corrected chi connectivity index (χ2v) is 10.3. The summed E-state index contributed by atoms with van der Waals surface area (Å²) in [5.74, 6) is -1.97. The summed E-state index contributed by atoms with van der Waals surface area (Å²) >= 11 is 0. The normalized spacial score (nSPS) is 24.2. The average molecular weight is 479 g/mol. The van der Waals surface area contributed by atoms with Crippen molar-refractivity contribution < 1.29 is 14.4 Å². The average Bonchev–Trinajstić information content (AvgIpc) is 3.15. The Hall–Kier alpha value is -3.73. The maximum absolute atomic E-state index is 14.1. The lowest BCUT2D eigenvalue weighted by Crippen LogP contribution is -2.48. The Morgan fingerprint density at radius 3 is 1.83 bits per heavy atom. The minimum atomic E-state index is -0.818. The van der Waals surface area contributed by atoms with E-state index in [0.29, 0.717) is 12.1 Å². The fraction of sp³-hybridized carbons (Fsp3) is 0.323. The third kappa shape index (κ3) is 3.33. The lowest BCUT2D eigenvalue weighted by atomic mass is 9.55. The Balaban J connectivity index is 1.40. The Morgan fingerprint density at radius 2 is 1.36 bits per heavy atom. The summed E-state index contributed by atoms with van der Waals surface area (Å²) in [4.78, 5) is 43.1. The number of carbonyl (C=O) groups is 3. The second kappa shape index (κ2) is 8.74. The SMILES string of the molecule is CCCC[C@H](C(=O)Nc1cccc(C)c1)N1C(=O)[C@H]2C3c4ccccc4C(c4ccccc43)[C@@H]2C1=O. The number of nitrogens with zero attached hydrogens (tertiary/aromatic N) is 1. The van der Waals surface area contributed by atoms with E-state index in [-0.39, 0.29) is 29.6 Å². The van der Waals surface area contributed by atoms with Crippen LogP contribution in [-0.4, -0.2) is 28.7 Å². The number of anilines is 1. The topological polar surface area (TPSA) is 66.5 Å². The summed E-state index contributed by atoms with van der Waals surface area (Å²) in [6.07, 6.45) is 2.09. The first-order valence-electron chi connectivity index (χ1n) is 12.9. The van der Waals surface area contributed by atoms with Crippen molar-refractivity contribution in [3.8, 4) is 0 Å². The Morgan fingerprint density at radius 1 is 0.833 bits per heavy atom. The van der Waals surface area contributed by atoms with Gasteiger partial charge in [0.05, 0.1) is 11.8 Å². The molecule has 3 amide bonds. The van der Waals surface area contributed by atoms with E-state index in [1.165, 1.54) is 4.90 Å². The van der Waals surface area contributed by atoms with E-state index >= 15 is 0 Å². The van der Waals surface area contributed by atoms with Gasteiger partial charge in [-0.25, -0.2) is 0 Å². The van der Waals surface area contributed by atoms with Crippen molar-refractivity contribution in [2.24, 2.45) is 11.8 Å². The first kappa shape index (κ1) is 22.7.